The number of aromatic nitrogens is 2. The summed E-state index contributed by atoms with van der Waals surface area (Å²) in [5.41, 5.74) is 6.97. The average molecular weight is 796 g/mol. The standard InChI is InChI=1S/C40H57N5O8SSi/c1-11-55(12-2,13-3)53-36(29-16-14-18-31(24-29)43-54(48,49)33-19-15-17-30(41)25-33)27-44(37(46)51-39(5,6)7)22-23-50-32-20-21-34-28(4)42-45(35(34)26-32)38(47)52-40(8,9)10/h14-21,24-26,36,43H,11-13,22-23,27,41H2,1-10H3. The van der Waals surface area contributed by atoms with Gasteiger partial charge >= 0.3 is 12.2 Å². The number of hydrogen-bond acceptors (Lipinski definition) is 10. The molecule has 1 heterocycles. The Hall–Kier alpha value is -4.60. The Morgan fingerprint density at radius 3 is 2.18 bits per heavy atom. The zero-order valence-electron chi connectivity index (χ0n) is 33.8. The third-order valence-corrected chi connectivity index (χ3v) is 15.1. The number of nitrogens with two attached hydrogens (primary N) is 1. The van der Waals surface area contributed by atoms with E-state index in [-0.39, 0.29) is 24.6 Å². The van der Waals surface area contributed by atoms with Crippen molar-refractivity contribution in [3.63, 3.8) is 0 Å². The molecule has 3 N–H and O–H groups in total. The lowest BCUT2D eigenvalue weighted by atomic mass is 10.1. The number of benzene rings is 3. The second-order valence-electron chi connectivity index (χ2n) is 15.6. The molecule has 1 atom stereocenters. The van der Waals surface area contributed by atoms with E-state index >= 15 is 0 Å². The van der Waals surface area contributed by atoms with Gasteiger partial charge in [-0.3, -0.25) is 4.72 Å². The second-order valence-corrected chi connectivity index (χ2v) is 22.0. The van der Waals surface area contributed by atoms with Crippen molar-refractivity contribution in [2.45, 2.75) is 110 Å². The first-order valence-electron chi connectivity index (χ1n) is 18.7. The molecule has 0 saturated carbocycles. The van der Waals surface area contributed by atoms with E-state index in [1.807, 2.05) is 19.1 Å². The van der Waals surface area contributed by atoms with Crippen LogP contribution in [0.4, 0.5) is 21.0 Å². The fourth-order valence-electron chi connectivity index (χ4n) is 6.05. The molecule has 4 rings (SSSR count). The predicted octanol–water partition coefficient (Wildman–Crippen LogP) is 8.89. The van der Waals surface area contributed by atoms with Crippen molar-refractivity contribution in [3.05, 3.63) is 78.0 Å². The first kappa shape index (κ1) is 43.1. The van der Waals surface area contributed by atoms with Crippen LogP contribution in [0.2, 0.25) is 18.1 Å². The minimum absolute atomic E-state index is 0.0414. The fourth-order valence-corrected chi connectivity index (χ4v) is 9.97. The molecule has 300 valence electrons. The van der Waals surface area contributed by atoms with Crippen LogP contribution in [0.15, 0.2) is 71.6 Å². The predicted molar refractivity (Wildman–Crippen MR) is 219 cm³/mol. The van der Waals surface area contributed by atoms with E-state index in [4.69, 9.17) is 24.4 Å². The van der Waals surface area contributed by atoms with Gasteiger partial charge in [0, 0.05) is 22.8 Å². The zero-order valence-corrected chi connectivity index (χ0v) is 35.6. The molecular weight excluding hydrogens is 739 g/mol. The van der Waals surface area contributed by atoms with Gasteiger partial charge in [0.25, 0.3) is 10.0 Å². The molecule has 0 fully saturated rings. The lowest BCUT2D eigenvalue weighted by Gasteiger charge is -2.36. The molecule has 0 spiro atoms. The van der Waals surface area contributed by atoms with Crippen LogP contribution in [-0.4, -0.2) is 74.5 Å². The number of rotatable bonds is 15. The highest BCUT2D eigenvalue weighted by atomic mass is 32.2. The van der Waals surface area contributed by atoms with E-state index in [0.717, 1.165) is 23.5 Å². The van der Waals surface area contributed by atoms with Crippen LogP contribution in [-0.2, 0) is 23.9 Å². The van der Waals surface area contributed by atoms with Crippen molar-refractivity contribution in [2.75, 3.05) is 30.2 Å². The minimum Gasteiger partial charge on any atom is -0.492 e. The Bertz CT molecular complexity index is 2060. The van der Waals surface area contributed by atoms with E-state index in [1.54, 1.807) is 88.9 Å². The molecule has 0 aliphatic carbocycles. The number of carbonyl (C=O) groups excluding carboxylic acids is 2. The van der Waals surface area contributed by atoms with Gasteiger partial charge in [0.1, 0.15) is 23.6 Å². The third-order valence-electron chi connectivity index (χ3n) is 9.08. The molecule has 1 unspecified atom stereocenters. The number of carbonyl (C=O) groups is 2. The van der Waals surface area contributed by atoms with Crippen molar-refractivity contribution in [1.82, 2.24) is 14.7 Å². The monoisotopic (exact) mass is 795 g/mol. The second kappa shape index (κ2) is 17.5. The number of fused-ring (bicyclic) bond motifs is 1. The van der Waals surface area contributed by atoms with E-state index < -0.39 is 47.8 Å². The number of sulfonamides is 1. The Morgan fingerprint density at radius 2 is 1.56 bits per heavy atom. The summed E-state index contributed by atoms with van der Waals surface area (Å²) in [6.07, 6.45) is -1.76. The molecular formula is C40H57N5O8SSi. The number of anilines is 2. The molecule has 15 heteroatoms. The SMILES string of the molecule is CC[Si](CC)(CC)OC(CN(CCOc1ccc2c(C)nn(C(=O)OC(C)(C)C)c2c1)C(=O)OC(C)(C)C)c1cccc(NS(=O)(=O)c2cccc(N)c2)c1. The van der Waals surface area contributed by atoms with Crippen LogP contribution in [0.3, 0.4) is 0 Å². The molecule has 0 bridgehead atoms. The Morgan fingerprint density at radius 1 is 0.909 bits per heavy atom. The largest absolute Gasteiger partial charge is 0.492 e. The lowest BCUT2D eigenvalue weighted by Crippen LogP contribution is -2.45. The van der Waals surface area contributed by atoms with Crippen LogP contribution in [0.1, 0.15) is 79.7 Å². The van der Waals surface area contributed by atoms with E-state index in [9.17, 15) is 18.0 Å². The van der Waals surface area contributed by atoms with Gasteiger partial charge in [0.15, 0.2) is 8.32 Å². The maximum absolute atomic E-state index is 13.8. The van der Waals surface area contributed by atoms with Crippen LogP contribution in [0.5, 0.6) is 5.75 Å². The highest BCUT2D eigenvalue weighted by molar-refractivity contribution is 7.92. The molecule has 0 radical (unpaired) electrons. The third kappa shape index (κ3) is 11.7. The molecule has 13 nitrogen and oxygen atoms in total. The van der Waals surface area contributed by atoms with Crippen molar-refractivity contribution >= 4 is 52.8 Å². The molecule has 1 amide bonds. The molecule has 0 aliphatic heterocycles. The molecule has 55 heavy (non-hydrogen) atoms. The number of nitrogens with zero attached hydrogens (tertiary/aromatic N) is 3. The summed E-state index contributed by atoms with van der Waals surface area (Å²) in [6.45, 7) is 19.3. The summed E-state index contributed by atoms with van der Waals surface area (Å²) in [7, 11) is -6.23. The average Bonchev–Trinajstić information content (AvgIpc) is 3.43. The van der Waals surface area contributed by atoms with Crippen molar-refractivity contribution in [3.8, 4) is 5.75 Å². The van der Waals surface area contributed by atoms with E-state index in [0.29, 0.717) is 33.9 Å². The van der Waals surface area contributed by atoms with Gasteiger partial charge in [0.2, 0.25) is 0 Å². The molecule has 4 aromatic rings. The van der Waals surface area contributed by atoms with Crippen LogP contribution >= 0.6 is 0 Å². The molecule has 3 aromatic carbocycles. The van der Waals surface area contributed by atoms with Gasteiger partial charge in [-0.25, -0.2) is 18.0 Å². The summed E-state index contributed by atoms with van der Waals surface area (Å²) < 4.78 is 55.2. The fraction of sp³-hybridized carbons (Fsp3) is 0.475. The Labute approximate surface area is 326 Å². The molecule has 1 aromatic heterocycles. The highest BCUT2D eigenvalue weighted by Crippen LogP contribution is 2.33. The van der Waals surface area contributed by atoms with E-state index in [2.05, 4.69) is 30.6 Å². The maximum Gasteiger partial charge on any atom is 0.435 e. The number of ether oxygens (including phenoxy) is 3. The van der Waals surface area contributed by atoms with Crippen LogP contribution in [0, 0.1) is 6.92 Å². The number of aryl methyl sites for hydroxylation is 1. The van der Waals surface area contributed by atoms with Gasteiger partial charge in [0.05, 0.1) is 35.3 Å². The Balaban J connectivity index is 1.64. The van der Waals surface area contributed by atoms with Crippen molar-refractivity contribution in [1.29, 1.82) is 0 Å². The quantitative estimate of drug-likeness (QED) is 0.0877. The summed E-state index contributed by atoms with van der Waals surface area (Å²) in [5.74, 6) is 0.476. The number of nitrogen functional groups attached to an aromatic ring is 1. The first-order chi connectivity index (χ1) is 25.7. The smallest absolute Gasteiger partial charge is 0.435 e. The van der Waals surface area contributed by atoms with Gasteiger partial charge in [-0.1, -0.05) is 39.0 Å². The van der Waals surface area contributed by atoms with Gasteiger partial charge in [-0.05, 0) is 115 Å². The molecule has 0 saturated heterocycles. The maximum atomic E-state index is 13.8. The zero-order chi connectivity index (χ0) is 40.8. The Kier molecular flexibility index (Phi) is 13.7. The lowest BCUT2D eigenvalue weighted by molar-refractivity contribution is 0.0131. The summed E-state index contributed by atoms with van der Waals surface area (Å²) >= 11 is 0. The summed E-state index contributed by atoms with van der Waals surface area (Å²) in [5, 5.41) is 5.18. The van der Waals surface area contributed by atoms with Gasteiger partial charge in [-0.2, -0.15) is 9.78 Å². The summed E-state index contributed by atoms with van der Waals surface area (Å²) in [4.78, 5) is 28.4. The number of hydrogen-bond donors (Lipinski definition) is 2. The van der Waals surface area contributed by atoms with Gasteiger partial charge < -0.3 is 29.3 Å². The van der Waals surface area contributed by atoms with Crippen LogP contribution < -0.4 is 15.2 Å². The van der Waals surface area contributed by atoms with Crippen molar-refractivity contribution < 1.29 is 36.6 Å². The number of amides is 1. The minimum atomic E-state index is -3.95. The summed E-state index contributed by atoms with van der Waals surface area (Å²) in [6, 6.07) is 21.0. The van der Waals surface area contributed by atoms with Crippen molar-refractivity contribution in [2.24, 2.45) is 0 Å². The normalized spacial score (nSPS) is 13.0. The highest BCUT2D eigenvalue weighted by Gasteiger charge is 2.35. The van der Waals surface area contributed by atoms with Gasteiger partial charge in [-0.15, -0.1) is 0 Å². The first-order valence-corrected chi connectivity index (χ1v) is 22.7. The number of nitrogens with one attached hydrogen (secondary N) is 1. The van der Waals surface area contributed by atoms with Crippen LogP contribution in [0.25, 0.3) is 10.9 Å². The topological polar surface area (TPSA) is 164 Å². The van der Waals surface area contributed by atoms with E-state index in [1.165, 1.54) is 16.8 Å². The molecule has 0 aliphatic rings.